The topological polar surface area (TPSA) is 78.9 Å². The number of nitrogens with zero attached hydrogens (tertiary/aromatic N) is 1. The number of aliphatic carboxylic acids is 1. The van der Waals surface area contributed by atoms with E-state index in [9.17, 15) is 9.59 Å². The van der Waals surface area contributed by atoms with Crippen LogP contribution in [0.2, 0.25) is 0 Å². The summed E-state index contributed by atoms with van der Waals surface area (Å²) in [6.07, 6.45) is 4.51. The van der Waals surface area contributed by atoms with E-state index in [1.165, 1.54) is 19.3 Å². The van der Waals surface area contributed by atoms with Crippen LogP contribution in [-0.4, -0.2) is 54.4 Å². The van der Waals surface area contributed by atoms with Crippen molar-refractivity contribution >= 4 is 12.0 Å². The minimum Gasteiger partial charge on any atom is -0.481 e. The van der Waals surface area contributed by atoms with Gasteiger partial charge in [-0.05, 0) is 12.3 Å². The smallest absolute Gasteiger partial charge is 0.317 e. The number of carboxylic acids is 1. The number of ether oxygens (including phenoxy) is 1. The average molecular weight is 270 g/mol. The molecule has 2 rings (SSSR count). The molecule has 6 heteroatoms. The van der Waals surface area contributed by atoms with Crippen molar-refractivity contribution in [1.82, 2.24) is 10.2 Å². The Kier molecular flexibility index (Phi) is 5.01. The van der Waals surface area contributed by atoms with Gasteiger partial charge in [0, 0.05) is 19.6 Å². The lowest BCUT2D eigenvalue weighted by Crippen LogP contribution is -2.50. The molecular formula is C13H22N2O4. The molecule has 0 aromatic heterocycles. The number of amides is 2. The highest BCUT2D eigenvalue weighted by molar-refractivity contribution is 5.74. The first-order valence-electron chi connectivity index (χ1n) is 7.01. The van der Waals surface area contributed by atoms with Gasteiger partial charge in [0.2, 0.25) is 0 Å². The van der Waals surface area contributed by atoms with Crippen LogP contribution in [0.3, 0.4) is 0 Å². The lowest BCUT2D eigenvalue weighted by molar-refractivity contribution is -0.141. The van der Waals surface area contributed by atoms with E-state index in [1.54, 1.807) is 4.90 Å². The third kappa shape index (κ3) is 4.38. The van der Waals surface area contributed by atoms with E-state index >= 15 is 0 Å². The number of carbonyl (C=O) groups excluding carboxylic acids is 1. The summed E-state index contributed by atoms with van der Waals surface area (Å²) in [6.45, 7) is 2.02. The number of carboxylic acid groups (broad SMARTS) is 1. The molecule has 1 atom stereocenters. The molecule has 2 fully saturated rings. The Morgan fingerprint density at radius 2 is 2.16 bits per heavy atom. The van der Waals surface area contributed by atoms with Crippen molar-refractivity contribution < 1.29 is 19.4 Å². The Morgan fingerprint density at radius 1 is 1.37 bits per heavy atom. The van der Waals surface area contributed by atoms with Crippen molar-refractivity contribution in [2.24, 2.45) is 5.92 Å². The van der Waals surface area contributed by atoms with Crippen LogP contribution in [-0.2, 0) is 9.53 Å². The number of hydrogen-bond acceptors (Lipinski definition) is 3. The lowest BCUT2D eigenvalue weighted by Gasteiger charge is -2.32. The van der Waals surface area contributed by atoms with E-state index in [-0.39, 0.29) is 18.6 Å². The second-order valence-electron chi connectivity index (χ2n) is 5.35. The number of carbonyl (C=O) groups is 2. The van der Waals surface area contributed by atoms with E-state index in [0.717, 1.165) is 12.3 Å². The summed E-state index contributed by atoms with van der Waals surface area (Å²) in [6, 6.07) is -0.0991. The van der Waals surface area contributed by atoms with Crippen LogP contribution in [0.25, 0.3) is 0 Å². The van der Waals surface area contributed by atoms with Crippen molar-refractivity contribution in [2.75, 3.05) is 26.2 Å². The summed E-state index contributed by atoms with van der Waals surface area (Å²) in [5.74, 6) is -0.109. The first-order valence-corrected chi connectivity index (χ1v) is 7.01. The van der Waals surface area contributed by atoms with Crippen LogP contribution in [0.4, 0.5) is 4.79 Å². The molecule has 0 radical (unpaired) electrons. The Morgan fingerprint density at radius 3 is 2.79 bits per heavy atom. The SMILES string of the molecule is O=C(O)CC1CN(C(=O)NCCC2CCC2)CCO1. The van der Waals surface area contributed by atoms with E-state index < -0.39 is 5.97 Å². The fraction of sp³-hybridized carbons (Fsp3) is 0.846. The summed E-state index contributed by atoms with van der Waals surface area (Å²) in [7, 11) is 0. The molecule has 2 amide bonds. The number of nitrogens with one attached hydrogen (secondary N) is 1. The molecule has 1 saturated carbocycles. The van der Waals surface area contributed by atoms with Crippen molar-refractivity contribution in [2.45, 2.75) is 38.2 Å². The molecular weight excluding hydrogens is 248 g/mol. The molecule has 2 aliphatic rings. The Bertz CT molecular complexity index is 331. The van der Waals surface area contributed by atoms with E-state index in [2.05, 4.69) is 5.32 Å². The number of rotatable bonds is 5. The van der Waals surface area contributed by atoms with Crippen molar-refractivity contribution in [3.05, 3.63) is 0 Å². The minimum atomic E-state index is -0.891. The Balaban J connectivity index is 1.67. The van der Waals surface area contributed by atoms with Crippen LogP contribution < -0.4 is 5.32 Å². The molecule has 6 nitrogen and oxygen atoms in total. The molecule has 0 aromatic carbocycles. The molecule has 1 unspecified atom stereocenters. The summed E-state index contributed by atoms with van der Waals surface area (Å²) in [5.41, 5.74) is 0. The highest BCUT2D eigenvalue weighted by Crippen LogP contribution is 2.28. The van der Waals surface area contributed by atoms with Gasteiger partial charge in [0.05, 0.1) is 19.1 Å². The fourth-order valence-corrected chi connectivity index (χ4v) is 2.50. The third-order valence-electron chi connectivity index (χ3n) is 3.88. The molecule has 1 heterocycles. The second-order valence-corrected chi connectivity index (χ2v) is 5.35. The van der Waals surface area contributed by atoms with Gasteiger partial charge >= 0.3 is 12.0 Å². The monoisotopic (exact) mass is 270 g/mol. The number of morpholine rings is 1. The molecule has 1 aliphatic carbocycles. The fourth-order valence-electron chi connectivity index (χ4n) is 2.50. The van der Waals surface area contributed by atoms with Gasteiger partial charge < -0.3 is 20.1 Å². The van der Waals surface area contributed by atoms with Gasteiger partial charge in [0.1, 0.15) is 0 Å². The zero-order valence-corrected chi connectivity index (χ0v) is 11.1. The predicted octanol–water partition coefficient (Wildman–Crippen LogP) is 1.06. The molecule has 2 N–H and O–H groups in total. The maximum Gasteiger partial charge on any atom is 0.317 e. The van der Waals surface area contributed by atoms with Gasteiger partial charge in [-0.15, -0.1) is 0 Å². The summed E-state index contributed by atoms with van der Waals surface area (Å²) < 4.78 is 5.34. The molecule has 0 spiro atoms. The largest absolute Gasteiger partial charge is 0.481 e. The van der Waals surface area contributed by atoms with Crippen molar-refractivity contribution in [3.63, 3.8) is 0 Å². The minimum absolute atomic E-state index is 0.0497. The number of hydrogen-bond donors (Lipinski definition) is 2. The van der Waals surface area contributed by atoms with Crippen LogP contribution >= 0.6 is 0 Å². The van der Waals surface area contributed by atoms with Gasteiger partial charge in [0.15, 0.2) is 0 Å². The van der Waals surface area contributed by atoms with Crippen LogP contribution in [0, 0.1) is 5.92 Å². The standard InChI is InChI=1S/C13H22N2O4/c16-12(17)8-11-9-15(6-7-19-11)13(18)14-5-4-10-2-1-3-10/h10-11H,1-9H2,(H,14,18)(H,16,17). The zero-order chi connectivity index (χ0) is 13.7. The van der Waals surface area contributed by atoms with E-state index in [1.807, 2.05) is 0 Å². The van der Waals surface area contributed by atoms with Crippen LogP contribution in [0.15, 0.2) is 0 Å². The van der Waals surface area contributed by atoms with Crippen molar-refractivity contribution in [3.8, 4) is 0 Å². The third-order valence-corrected chi connectivity index (χ3v) is 3.88. The molecule has 0 aromatic rings. The van der Waals surface area contributed by atoms with Crippen LogP contribution in [0.1, 0.15) is 32.1 Å². The lowest BCUT2D eigenvalue weighted by atomic mass is 9.83. The van der Waals surface area contributed by atoms with Gasteiger partial charge in [0.25, 0.3) is 0 Å². The van der Waals surface area contributed by atoms with Crippen molar-refractivity contribution in [1.29, 1.82) is 0 Å². The predicted molar refractivity (Wildman–Crippen MR) is 68.9 cm³/mol. The average Bonchev–Trinajstić information content (AvgIpc) is 2.31. The normalized spacial score (nSPS) is 23.8. The van der Waals surface area contributed by atoms with Gasteiger partial charge in [-0.3, -0.25) is 4.79 Å². The van der Waals surface area contributed by atoms with E-state index in [0.29, 0.717) is 26.2 Å². The summed E-state index contributed by atoms with van der Waals surface area (Å²) >= 11 is 0. The first-order chi connectivity index (χ1) is 9.15. The maximum atomic E-state index is 11.9. The number of urea groups is 1. The van der Waals surface area contributed by atoms with Gasteiger partial charge in [-0.25, -0.2) is 4.79 Å². The quantitative estimate of drug-likeness (QED) is 0.783. The maximum absolute atomic E-state index is 11.9. The summed E-state index contributed by atoms with van der Waals surface area (Å²) in [5, 5.41) is 11.6. The van der Waals surface area contributed by atoms with Gasteiger partial charge in [-0.2, -0.15) is 0 Å². The summed E-state index contributed by atoms with van der Waals surface area (Å²) in [4.78, 5) is 24.2. The Labute approximate surface area is 113 Å². The zero-order valence-electron chi connectivity index (χ0n) is 11.1. The molecule has 19 heavy (non-hydrogen) atoms. The molecule has 1 saturated heterocycles. The van der Waals surface area contributed by atoms with Crippen LogP contribution in [0.5, 0.6) is 0 Å². The highest BCUT2D eigenvalue weighted by Gasteiger charge is 2.26. The first kappa shape index (κ1) is 14.1. The van der Waals surface area contributed by atoms with Gasteiger partial charge in [-0.1, -0.05) is 19.3 Å². The van der Waals surface area contributed by atoms with E-state index in [4.69, 9.17) is 9.84 Å². The molecule has 0 bridgehead atoms. The molecule has 108 valence electrons. The highest BCUT2D eigenvalue weighted by atomic mass is 16.5. The Hall–Kier alpha value is -1.30. The molecule has 1 aliphatic heterocycles. The second kappa shape index (κ2) is 6.75.